The van der Waals surface area contributed by atoms with Crippen LogP contribution in [0.25, 0.3) is 16.6 Å². The zero-order valence-corrected chi connectivity index (χ0v) is 17.9. The number of carboxylic acid groups (broad SMARTS) is 1. The average molecular weight is 488 g/mol. The SMILES string of the molecule is CC(=O)OC(c1cn2c(ccc3ccccc32)n1)C1(Br)C(=O)N2C(C(=O)O)=CS[C@@H]21. The van der Waals surface area contributed by atoms with Crippen molar-refractivity contribution >= 4 is 62.1 Å². The number of pyridine rings is 1. The molecule has 152 valence electrons. The molecular weight excluding hydrogens is 474 g/mol. The van der Waals surface area contributed by atoms with E-state index >= 15 is 0 Å². The van der Waals surface area contributed by atoms with E-state index in [0.717, 1.165) is 10.9 Å². The molecule has 2 aromatic heterocycles. The van der Waals surface area contributed by atoms with Crippen LogP contribution < -0.4 is 0 Å². The topological polar surface area (TPSA) is 101 Å². The lowest BCUT2D eigenvalue weighted by atomic mass is 9.89. The number of aliphatic carboxylic acids is 1. The lowest BCUT2D eigenvalue weighted by Gasteiger charge is -2.51. The van der Waals surface area contributed by atoms with Crippen molar-refractivity contribution in [1.29, 1.82) is 0 Å². The van der Waals surface area contributed by atoms with Crippen molar-refractivity contribution in [3.8, 4) is 0 Å². The predicted octanol–water partition coefficient (Wildman–Crippen LogP) is 3.07. The average Bonchev–Trinajstić information content (AvgIpc) is 3.34. The van der Waals surface area contributed by atoms with Crippen molar-refractivity contribution in [2.24, 2.45) is 0 Å². The molecule has 5 rings (SSSR count). The van der Waals surface area contributed by atoms with E-state index in [1.807, 2.05) is 40.8 Å². The van der Waals surface area contributed by atoms with Crippen LogP contribution in [0.1, 0.15) is 18.7 Å². The van der Waals surface area contributed by atoms with Crippen LogP contribution in [0.15, 0.2) is 53.7 Å². The largest absolute Gasteiger partial charge is 0.477 e. The number of carbonyl (C=O) groups excluding carboxylic acids is 2. The zero-order valence-electron chi connectivity index (χ0n) is 15.5. The van der Waals surface area contributed by atoms with Crippen molar-refractivity contribution in [3.05, 3.63) is 59.4 Å². The highest BCUT2D eigenvalue weighted by atomic mass is 79.9. The number of ether oxygens (including phenoxy) is 1. The van der Waals surface area contributed by atoms with Crippen molar-refractivity contribution in [1.82, 2.24) is 14.3 Å². The van der Waals surface area contributed by atoms with Crippen LogP contribution in [0.3, 0.4) is 0 Å². The number of esters is 1. The summed E-state index contributed by atoms with van der Waals surface area (Å²) in [4.78, 5) is 42.2. The van der Waals surface area contributed by atoms with Gasteiger partial charge in [0.05, 0.1) is 5.52 Å². The van der Waals surface area contributed by atoms with E-state index in [1.165, 1.54) is 29.0 Å². The van der Waals surface area contributed by atoms with E-state index in [9.17, 15) is 19.5 Å². The maximum absolute atomic E-state index is 13.0. The van der Waals surface area contributed by atoms with E-state index in [2.05, 4.69) is 20.9 Å². The van der Waals surface area contributed by atoms with Gasteiger partial charge in [-0.3, -0.25) is 18.9 Å². The molecule has 8 nitrogen and oxygen atoms in total. The van der Waals surface area contributed by atoms with Crippen molar-refractivity contribution in [2.75, 3.05) is 0 Å². The highest BCUT2D eigenvalue weighted by Gasteiger charge is 2.69. The number of rotatable bonds is 4. The standard InChI is InChI=1S/C20H14BrN3O5S/c1-10(25)29-16(20(21)18(28)24-14(17(26)27)9-30-19(20)24)12-8-23-13-5-3-2-4-11(13)6-7-15(23)22-12/h2-9,16,19H,1H3,(H,26,27)/t16?,19-,20?/m1/s1. The summed E-state index contributed by atoms with van der Waals surface area (Å²) in [6.45, 7) is 1.26. The van der Waals surface area contributed by atoms with Gasteiger partial charge in [0.1, 0.15) is 22.4 Å². The number of alkyl halides is 1. The lowest BCUT2D eigenvalue weighted by Crippen LogP contribution is -2.70. The zero-order chi connectivity index (χ0) is 21.2. The molecule has 1 fully saturated rings. The van der Waals surface area contributed by atoms with Gasteiger partial charge in [-0.15, -0.1) is 11.8 Å². The maximum atomic E-state index is 13.0. The van der Waals surface area contributed by atoms with Crippen molar-refractivity contribution < 1.29 is 24.2 Å². The molecule has 0 aliphatic carbocycles. The van der Waals surface area contributed by atoms with E-state index in [0.29, 0.717) is 11.3 Å². The first kappa shape index (κ1) is 19.1. The number of nitrogens with zero attached hydrogens (tertiary/aromatic N) is 3. The second-order valence-corrected chi connectivity index (χ2v) is 9.28. The first-order valence-electron chi connectivity index (χ1n) is 8.98. The normalized spacial score (nSPS) is 23.8. The van der Waals surface area contributed by atoms with Crippen LogP contribution in [0.5, 0.6) is 0 Å². The fourth-order valence-electron chi connectivity index (χ4n) is 3.88. The van der Waals surface area contributed by atoms with Gasteiger partial charge < -0.3 is 9.84 Å². The van der Waals surface area contributed by atoms with E-state index in [-0.39, 0.29) is 5.70 Å². The summed E-state index contributed by atoms with van der Waals surface area (Å²) in [5, 5.41) is 11.2. The quantitative estimate of drug-likeness (QED) is 0.342. The van der Waals surface area contributed by atoms with Gasteiger partial charge in [0.15, 0.2) is 10.4 Å². The number of β-lactam (4-membered cyclic amide) rings is 1. The Morgan fingerprint density at radius 3 is 2.80 bits per heavy atom. The number of carbonyl (C=O) groups is 3. The first-order valence-corrected chi connectivity index (χ1v) is 10.7. The third kappa shape index (κ3) is 2.53. The van der Waals surface area contributed by atoms with Crippen molar-refractivity contribution in [3.63, 3.8) is 0 Å². The Kier molecular flexibility index (Phi) is 4.19. The molecular formula is C20H14BrN3O5S. The van der Waals surface area contributed by atoms with Crippen LogP contribution in [0.2, 0.25) is 0 Å². The Morgan fingerprint density at radius 1 is 1.30 bits per heavy atom. The van der Waals surface area contributed by atoms with E-state index in [1.54, 1.807) is 6.20 Å². The summed E-state index contributed by atoms with van der Waals surface area (Å²) in [6, 6.07) is 11.6. The number of imidazole rings is 1. The van der Waals surface area contributed by atoms with E-state index in [4.69, 9.17) is 4.74 Å². The molecule has 2 aliphatic rings. The minimum atomic E-state index is -1.33. The number of aromatic nitrogens is 2. The molecule has 1 amide bonds. The molecule has 0 saturated carbocycles. The molecule has 1 saturated heterocycles. The fourth-order valence-corrected chi connectivity index (χ4v) is 6.16. The van der Waals surface area contributed by atoms with Crippen LogP contribution in [-0.2, 0) is 19.1 Å². The summed E-state index contributed by atoms with van der Waals surface area (Å²) in [6.07, 6.45) is 0.714. The Labute approximate surface area is 182 Å². The molecule has 2 aliphatic heterocycles. The maximum Gasteiger partial charge on any atom is 0.353 e. The molecule has 1 N–H and O–H groups in total. The molecule has 0 radical (unpaired) electrons. The predicted molar refractivity (Wildman–Crippen MR) is 113 cm³/mol. The molecule has 3 aromatic rings. The number of benzene rings is 1. The number of carboxylic acids is 1. The van der Waals surface area contributed by atoms with Gasteiger partial charge in [0.2, 0.25) is 0 Å². The fraction of sp³-hybridized carbons (Fsp3) is 0.200. The number of hydrogen-bond donors (Lipinski definition) is 1. The number of halogens is 1. The Morgan fingerprint density at radius 2 is 2.07 bits per heavy atom. The highest BCUT2D eigenvalue weighted by Crippen LogP contribution is 2.57. The van der Waals surface area contributed by atoms with Crippen LogP contribution >= 0.6 is 27.7 Å². The first-order chi connectivity index (χ1) is 14.3. The second kappa shape index (κ2) is 6.58. The van der Waals surface area contributed by atoms with Crippen LogP contribution in [0, 0.1) is 0 Å². The van der Waals surface area contributed by atoms with Crippen molar-refractivity contribution in [2.45, 2.75) is 22.7 Å². The van der Waals surface area contributed by atoms with Gasteiger partial charge in [-0.2, -0.15) is 0 Å². The van der Waals surface area contributed by atoms with Gasteiger partial charge in [-0.1, -0.05) is 34.1 Å². The number of fused-ring (bicyclic) bond motifs is 4. The Bertz CT molecular complexity index is 1290. The molecule has 10 heteroatoms. The lowest BCUT2D eigenvalue weighted by molar-refractivity contribution is -0.162. The number of amides is 1. The minimum Gasteiger partial charge on any atom is -0.477 e. The molecule has 30 heavy (non-hydrogen) atoms. The summed E-state index contributed by atoms with van der Waals surface area (Å²) >= 11 is 4.68. The number of thioether (sulfide) groups is 1. The Balaban J connectivity index is 1.61. The number of para-hydroxylation sites is 1. The Hall–Kier alpha value is -2.85. The molecule has 4 heterocycles. The number of hydrogen-bond acceptors (Lipinski definition) is 6. The highest BCUT2D eigenvalue weighted by molar-refractivity contribution is 9.10. The van der Waals surface area contributed by atoms with Gasteiger partial charge in [0.25, 0.3) is 5.91 Å². The molecule has 1 aromatic carbocycles. The minimum absolute atomic E-state index is 0.0901. The molecule has 0 bridgehead atoms. The van der Waals surface area contributed by atoms with E-state index < -0.39 is 33.6 Å². The smallest absolute Gasteiger partial charge is 0.353 e. The molecule has 3 atom stereocenters. The van der Waals surface area contributed by atoms with Gasteiger partial charge in [-0.25, -0.2) is 9.78 Å². The molecule has 0 spiro atoms. The third-order valence-electron chi connectivity index (χ3n) is 5.22. The van der Waals surface area contributed by atoms with Gasteiger partial charge in [-0.05, 0) is 23.6 Å². The monoisotopic (exact) mass is 487 g/mol. The van der Waals surface area contributed by atoms with Gasteiger partial charge >= 0.3 is 11.9 Å². The summed E-state index contributed by atoms with van der Waals surface area (Å²) in [5.74, 6) is -2.24. The van der Waals surface area contributed by atoms with Gasteiger partial charge in [0, 0.05) is 18.5 Å². The van der Waals surface area contributed by atoms with Crippen LogP contribution in [-0.4, -0.2) is 46.9 Å². The van der Waals surface area contributed by atoms with Crippen LogP contribution in [0.4, 0.5) is 0 Å². The summed E-state index contributed by atoms with van der Waals surface area (Å²) < 4.78 is 6.11. The third-order valence-corrected chi connectivity index (χ3v) is 7.91. The summed E-state index contributed by atoms with van der Waals surface area (Å²) in [5.41, 5.74) is 1.87. The summed E-state index contributed by atoms with van der Waals surface area (Å²) in [7, 11) is 0. The second-order valence-electron chi connectivity index (χ2n) is 7.02. The molecule has 2 unspecified atom stereocenters.